The van der Waals surface area contributed by atoms with Gasteiger partial charge in [-0.05, 0) is 43.8 Å². The molecule has 0 bridgehead atoms. The van der Waals surface area contributed by atoms with E-state index in [0.29, 0.717) is 12.5 Å². The molecule has 1 amide bonds. The van der Waals surface area contributed by atoms with Gasteiger partial charge in [-0.3, -0.25) is 9.69 Å². The molecule has 3 rings (SSSR count). The lowest BCUT2D eigenvalue weighted by Gasteiger charge is -2.23. The van der Waals surface area contributed by atoms with Crippen LogP contribution in [-0.4, -0.2) is 48.0 Å². The van der Waals surface area contributed by atoms with Gasteiger partial charge < -0.3 is 5.32 Å². The third-order valence-corrected chi connectivity index (χ3v) is 5.95. The van der Waals surface area contributed by atoms with E-state index in [9.17, 15) is 4.79 Å². The third-order valence-electron chi connectivity index (χ3n) is 5.34. The highest BCUT2D eigenvalue weighted by Crippen LogP contribution is 2.42. The number of carbonyl (C=O) groups is 1. The molecule has 2 aliphatic carbocycles. The van der Waals surface area contributed by atoms with Crippen molar-refractivity contribution in [3.05, 3.63) is 0 Å². The topological polar surface area (TPSA) is 32.3 Å². The first-order valence-corrected chi connectivity index (χ1v) is 9.69. The van der Waals surface area contributed by atoms with Gasteiger partial charge in [-0.25, -0.2) is 0 Å². The van der Waals surface area contributed by atoms with Crippen LogP contribution in [-0.2, 0) is 4.79 Å². The highest BCUT2D eigenvalue weighted by atomic mass is 32.2. The first-order valence-electron chi connectivity index (χ1n) is 8.30. The molecule has 3 fully saturated rings. The van der Waals surface area contributed by atoms with Crippen molar-refractivity contribution in [2.75, 3.05) is 25.1 Å². The van der Waals surface area contributed by atoms with E-state index in [0.717, 1.165) is 30.2 Å². The minimum absolute atomic E-state index is 0.267. The minimum Gasteiger partial charge on any atom is -0.352 e. The maximum Gasteiger partial charge on any atom is 0.221 e. The van der Waals surface area contributed by atoms with Gasteiger partial charge in [0.25, 0.3) is 0 Å². The van der Waals surface area contributed by atoms with E-state index in [-0.39, 0.29) is 5.91 Å². The van der Waals surface area contributed by atoms with E-state index < -0.39 is 0 Å². The molecule has 0 aromatic rings. The fourth-order valence-electron chi connectivity index (χ4n) is 4.06. The Hall–Kier alpha value is -0.220. The second-order valence-electron chi connectivity index (χ2n) is 6.81. The van der Waals surface area contributed by atoms with Crippen molar-refractivity contribution in [2.45, 2.75) is 57.0 Å². The van der Waals surface area contributed by atoms with Gasteiger partial charge in [0.05, 0.1) is 0 Å². The predicted molar refractivity (Wildman–Crippen MR) is 85.0 cm³/mol. The molecule has 1 saturated heterocycles. The Morgan fingerprint density at radius 3 is 2.60 bits per heavy atom. The normalized spacial score (nSPS) is 31.9. The van der Waals surface area contributed by atoms with Crippen LogP contribution < -0.4 is 5.32 Å². The highest BCUT2D eigenvalue weighted by molar-refractivity contribution is 7.98. The maximum absolute atomic E-state index is 12.0. The molecule has 1 N–H and O–H groups in total. The van der Waals surface area contributed by atoms with Crippen molar-refractivity contribution in [2.24, 2.45) is 11.8 Å². The van der Waals surface area contributed by atoms with Crippen LogP contribution >= 0.6 is 11.8 Å². The van der Waals surface area contributed by atoms with Crippen molar-refractivity contribution < 1.29 is 4.79 Å². The van der Waals surface area contributed by atoms with Crippen molar-refractivity contribution in [1.82, 2.24) is 10.2 Å². The van der Waals surface area contributed by atoms with Crippen molar-refractivity contribution in [1.29, 1.82) is 0 Å². The van der Waals surface area contributed by atoms with E-state index in [1.54, 1.807) is 11.8 Å². The fourth-order valence-corrected chi connectivity index (χ4v) is 4.45. The summed E-state index contributed by atoms with van der Waals surface area (Å²) >= 11 is 1.76. The Labute approximate surface area is 127 Å². The average molecular weight is 296 g/mol. The summed E-state index contributed by atoms with van der Waals surface area (Å²) in [5.41, 5.74) is 0. The molecule has 4 heteroatoms. The highest BCUT2D eigenvalue weighted by Gasteiger charge is 2.44. The van der Waals surface area contributed by atoms with Crippen LogP contribution in [0.3, 0.4) is 0 Å². The molecule has 0 radical (unpaired) electrons. The van der Waals surface area contributed by atoms with Gasteiger partial charge in [-0.2, -0.15) is 11.8 Å². The van der Waals surface area contributed by atoms with Crippen LogP contribution in [0.5, 0.6) is 0 Å². The summed E-state index contributed by atoms with van der Waals surface area (Å²) in [4.78, 5) is 14.7. The molecule has 2 atom stereocenters. The molecule has 1 aliphatic heterocycles. The van der Waals surface area contributed by atoms with Gasteiger partial charge >= 0.3 is 0 Å². The number of carbonyl (C=O) groups excluding carboxylic acids is 1. The van der Waals surface area contributed by atoms with E-state index in [4.69, 9.17) is 0 Å². The molecule has 1 heterocycles. The Bertz CT molecular complexity index is 339. The first-order chi connectivity index (χ1) is 9.78. The molecule has 0 aromatic carbocycles. The molecule has 2 saturated carbocycles. The van der Waals surface area contributed by atoms with Gasteiger partial charge in [0, 0.05) is 37.3 Å². The number of rotatable bonds is 6. The third kappa shape index (κ3) is 3.51. The summed E-state index contributed by atoms with van der Waals surface area (Å²) in [6, 6.07) is 1.24. The van der Waals surface area contributed by atoms with Crippen LogP contribution in [0.15, 0.2) is 0 Å². The SMILES string of the molecule is CSCCC(=O)N[C@H]1CN(C2CCCC2)C[C@@H]1C1CC1. The van der Waals surface area contributed by atoms with Crippen molar-refractivity contribution in [3.8, 4) is 0 Å². The predicted octanol–water partition coefficient (Wildman–Crippen LogP) is 2.51. The van der Waals surface area contributed by atoms with E-state index >= 15 is 0 Å². The zero-order chi connectivity index (χ0) is 13.9. The molecular weight excluding hydrogens is 268 g/mol. The molecule has 0 unspecified atom stereocenters. The molecule has 3 nitrogen and oxygen atoms in total. The molecule has 0 aromatic heterocycles. The van der Waals surface area contributed by atoms with Crippen molar-refractivity contribution in [3.63, 3.8) is 0 Å². The van der Waals surface area contributed by atoms with Crippen LogP contribution in [0.1, 0.15) is 44.9 Å². The van der Waals surface area contributed by atoms with Crippen LogP contribution in [0.4, 0.5) is 0 Å². The lowest BCUT2D eigenvalue weighted by Crippen LogP contribution is -2.42. The zero-order valence-electron chi connectivity index (χ0n) is 12.6. The van der Waals surface area contributed by atoms with Gasteiger partial charge in [-0.1, -0.05) is 12.8 Å². The van der Waals surface area contributed by atoms with Gasteiger partial charge in [0.1, 0.15) is 0 Å². The second kappa shape index (κ2) is 6.69. The van der Waals surface area contributed by atoms with Gasteiger partial charge in [-0.15, -0.1) is 0 Å². The van der Waals surface area contributed by atoms with Gasteiger partial charge in [0.2, 0.25) is 5.91 Å². The summed E-state index contributed by atoms with van der Waals surface area (Å²) in [5.74, 6) is 2.84. The van der Waals surface area contributed by atoms with Crippen LogP contribution in [0.25, 0.3) is 0 Å². The average Bonchev–Trinajstić information content (AvgIpc) is 2.99. The second-order valence-corrected chi connectivity index (χ2v) is 7.80. The fraction of sp³-hybridized carbons (Fsp3) is 0.938. The number of hydrogen-bond donors (Lipinski definition) is 1. The van der Waals surface area contributed by atoms with Crippen LogP contribution in [0.2, 0.25) is 0 Å². The maximum atomic E-state index is 12.0. The number of likely N-dealkylation sites (tertiary alicyclic amines) is 1. The summed E-state index contributed by atoms with van der Waals surface area (Å²) in [5, 5.41) is 3.34. The molecule has 20 heavy (non-hydrogen) atoms. The quantitative estimate of drug-likeness (QED) is 0.817. The number of nitrogens with one attached hydrogen (secondary N) is 1. The first kappa shape index (κ1) is 14.7. The van der Waals surface area contributed by atoms with Crippen LogP contribution in [0, 0.1) is 11.8 Å². The van der Waals surface area contributed by atoms with E-state index in [1.807, 2.05) is 0 Å². The number of hydrogen-bond acceptors (Lipinski definition) is 3. The summed E-state index contributed by atoms with van der Waals surface area (Å²) in [7, 11) is 0. The van der Waals surface area contributed by atoms with E-state index in [1.165, 1.54) is 45.1 Å². The zero-order valence-corrected chi connectivity index (χ0v) is 13.5. The monoisotopic (exact) mass is 296 g/mol. The molecule has 3 aliphatic rings. The largest absolute Gasteiger partial charge is 0.352 e. The molecular formula is C16H28N2OS. The van der Waals surface area contributed by atoms with E-state index in [2.05, 4.69) is 16.5 Å². The summed E-state index contributed by atoms with van der Waals surface area (Å²) < 4.78 is 0. The Kier molecular flexibility index (Phi) is 4.92. The summed E-state index contributed by atoms with van der Waals surface area (Å²) in [6.07, 6.45) is 11.1. The smallest absolute Gasteiger partial charge is 0.221 e. The minimum atomic E-state index is 0.267. The Morgan fingerprint density at radius 1 is 1.20 bits per heavy atom. The number of nitrogens with zero attached hydrogens (tertiary/aromatic N) is 1. The summed E-state index contributed by atoms with van der Waals surface area (Å²) in [6.45, 7) is 2.35. The Balaban J connectivity index is 1.55. The standard InChI is InChI=1S/C16H28N2OS/c1-20-9-8-16(19)17-15-11-18(13-4-2-3-5-13)10-14(15)12-6-7-12/h12-15H,2-11H2,1H3,(H,17,19)/t14-,15+/m1/s1. The lowest BCUT2D eigenvalue weighted by atomic mass is 9.98. The lowest BCUT2D eigenvalue weighted by molar-refractivity contribution is -0.121. The van der Waals surface area contributed by atoms with Gasteiger partial charge in [0.15, 0.2) is 0 Å². The van der Waals surface area contributed by atoms with Crippen molar-refractivity contribution >= 4 is 17.7 Å². The number of amides is 1. The number of thioether (sulfide) groups is 1. The molecule has 0 spiro atoms. The Morgan fingerprint density at radius 2 is 1.95 bits per heavy atom. The molecule has 114 valence electrons.